The van der Waals surface area contributed by atoms with Gasteiger partial charge in [-0.15, -0.1) is 0 Å². The van der Waals surface area contributed by atoms with Crippen molar-refractivity contribution < 1.29 is 28.5 Å². The molecule has 0 heterocycles. The van der Waals surface area contributed by atoms with E-state index in [0.717, 1.165) is 55.2 Å². The fourth-order valence-corrected chi connectivity index (χ4v) is 5.71. The molecule has 0 N–H and O–H groups in total. The van der Waals surface area contributed by atoms with Gasteiger partial charge in [-0.1, -0.05) is 82.0 Å². The van der Waals surface area contributed by atoms with Crippen LogP contribution in [0.25, 0.3) is 12.2 Å². The molecular formula is C51H68O6. The SMILES string of the molecule is COc1cc(C=CC(=O)C(CC=C(C)CCC=C(C)C)C(=O)C=Cc2ccc(OCC=C(C)CCC=C(C)C)c(OC)c2)ccc1OCC=C(C)CCC=C(C)C. The van der Waals surface area contributed by atoms with Crippen LogP contribution < -0.4 is 18.9 Å². The van der Waals surface area contributed by atoms with E-state index in [1.165, 1.54) is 40.0 Å². The van der Waals surface area contributed by atoms with Crippen molar-refractivity contribution >= 4 is 23.7 Å². The second-order valence-corrected chi connectivity index (χ2v) is 15.3. The van der Waals surface area contributed by atoms with Crippen LogP contribution in [0.15, 0.2) is 118 Å². The van der Waals surface area contributed by atoms with Crippen molar-refractivity contribution in [3.63, 3.8) is 0 Å². The van der Waals surface area contributed by atoms with E-state index in [0.29, 0.717) is 42.6 Å². The molecule has 0 aliphatic rings. The average Bonchev–Trinajstić information content (AvgIpc) is 3.16. The van der Waals surface area contributed by atoms with E-state index < -0.39 is 5.92 Å². The first kappa shape index (κ1) is 48.0. The third-order valence-electron chi connectivity index (χ3n) is 9.26. The van der Waals surface area contributed by atoms with Crippen LogP contribution in [0.4, 0.5) is 0 Å². The van der Waals surface area contributed by atoms with E-state index in [-0.39, 0.29) is 11.6 Å². The van der Waals surface area contributed by atoms with Crippen molar-refractivity contribution in [3.05, 3.63) is 130 Å². The molecule has 2 rings (SSSR count). The minimum atomic E-state index is -0.872. The van der Waals surface area contributed by atoms with Crippen molar-refractivity contribution in [1.82, 2.24) is 0 Å². The fourth-order valence-electron chi connectivity index (χ4n) is 5.71. The smallest absolute Gasteiger partial charge is 0.166 e. The van der Waals surface area contributed by atoms with Gasteiger partial charge in [-0.3, -0.25) is 9.59 Å². The monoisotopic (exact) mass is 777 g/mol. The van der Waals surface area contributed by atoms with Gasteiger partial charge in [-0.25, -0.2) is 0 Å². The van der Waals surface area contributed by atoms with Crippen molar-refractivity contribution in [2.24, 2.45) is 5.92 Å². The van der Waals surface area contributed by atoms with Crippen LogP contribution in [0.2, 0.25) is 0 Å². The molecule has 0 saturated heterocycles. The largest absolute Gasteiger partial charge is 0.493 e. The van der Waals surface area contributed by atoms with Crippen molar-refractivity contribution in [3.8, 4) is 23.0 Å². The van der Waals surface area contributed by atoms with E-state index in [4.69, 9.17) is 18.9 Å². The molecule has 0 saturated carbocycles. The third kappa shape index (κ3) is 20.1. The Hall–Kier alpha value is -5.10. The lowest BCUT2D eigenvalue weighted by atomic mass is 9.92. The molecule has 0 unspecified atom stereocenters. The highest BCUT2D eigenvalue weighted by molar-refractivity contribution is 6.13. The summed E-state index contributed by atoms with van der Waals surface area (Å²) in [6.07, 6.45) is 25.4. The van der Waals surface area contributed by atoms with Gasteiger partial charge < -0.3 is 18.9 Å². The Labute approximate surface area is 344 Å². The van der Waals surface area contributed by atoms with Crippen molar-refractivity contribution in [1.29, 1.82) is 0 Å². The van der Waals surface area contributed by atoms with Crippen LogP contribution in [0.1, 0.15) is 118 Å². The van der Waals surface area contributed by atoms with Crippen molar-refractivity contribution in [2.45, 2.75) is 107 Å². The molecular weight excluding hydrogens is 709 g/mol. The number of allylic oxidation sites excluding steroid dienone is 12. The average molecular weight is 777 g/mol. The lowest BCUT2D eigenvalue weighted by Gasteiger charge is -2.12. The zero-order valence-corrected chi connectivity index (χ0v) is 36.6. The van der Waals surface area contributed by atoms with Crippen LogP contribution in [0, 0.1) is 5.92 Å². The zero-order valence-electron chi connectivity index (χ0n) is 36.6. The van der Waals surface area contributed by atoms with Gasteiger partial charge in [0.15, 0.2) is 34.6 Å². The van der Waals surface area contributed by atoms with Gasteiger partial charge in [0.25, 0.3) is 0 Å². The Morgan fingerprint density at radius 1 is 0.509 bits per heavy atom. The molecule has 2 aromatic rings. The minimum Gasteiger partial charge on any atom is -0.493 e. The number of methoxy groups -OCH3 is 2. The molecule has 6 heteroatoms. The number of ketones is 2. The highest BCUT2D eigenvalue weighted by Gasteiger charge is 2.22. The molecule has 0 aliphatic carbocycles. The highest BCUT2D eigenvalue weighted by Crippen LogP contribution is 2.30. The topological polar surface area (TPSA) is 71.1 Å². The van der Waals surface area contributed by atoms with Crippen LogP contribution in [-0.2, 0) is 9.59 Å². The van der Waals surface area contributed by atoms with E-state index in [9.17, 15) is 9.59 Å². The van der Waals surface area contributed by atoms with Gasteiger partial charge in [0.1, 0.15) is 13.2 Å². The summed E-state index contributed by atoms with van der Waals surface area (Å²) in [7, 11) is 3.19. The van der Waals surface area contributed by atoms with Gasteiger partial charge in [0, 0.05) is 0 Å². The van der Waals surface area contributed by atoms with Gasteiger partial charge in [0.2, 0.25) is 0 Å². The number of benzene rings is 2. The number of rotatable bonds is 25. The second kappa shape index (κ2) is 26.7. The van der Waals surface area contributed by atoms with Crippen LogP contribution in [0.5, 0.6) is 23.0 Å². The third-order valence-corrected chi connectivity index (χ3v) is 9.26. The summed E-state index contributed by atoms with van der Waals surface area (Å²) < 4.78 is 23.3. The van der Waals surface area contributed by atoms with Gasteiger partial charge in [-0.05, 0) is 167 Å². The first-order valence-electron chi connectivity index (χ1n) is 20.1. The van der Waals surface area contributed by atoms with Crippen LogP contribution in [-0.4, -0.2) is 39.0 Å². The normalized spacial score (nSPS) is 12.6. The number of carbonyl (C=O) groups is 2. The molecule has 0 aliphatic heterocycles. The molecule has 0 fully saturated rings. The Morgan fingerprint density at radius 3 is 1.23 bits per heavy atom. The first-order valence-corrected chi connectivity index (χ1v) is 20.1. The lowest BCUT2D eigenvalue weighted by Crippen LogP contribution is -2.20. The van der Waals surface area contributed by atoms with E-state index in [2.05, 4.69) is 85.8 Å². The maximum absolute atomic E-state index is 13.7. The maximum atomic E-state index is 13.7. The van der Waals surface area contributed by atoms with Gasteiger partial charge in [-0.2, -0.15) is 0 Å². The lowest BCUT2D eigenvalue weighted by molar-refractivity contribution is -0.127. The molecule has 0 spiro atoms. The Balaban J connectivity index is 2.23. The van der Waals surface area contributed by atoms with E-state index in [1.54, 1.807) is 26.4 Å². The van der Waals surface area contributed by atoms with Crippen molar-refractivity contribution in [2.75, 3.05) is 27.4 Å². The summed E-state index contributed by atoms with van der Waals surface area (Å²) >= 11 is 0. The van der Waals surface area contributed by atoms with E-state index >= 15 is 0 Å². The highest BCUT2D eigenvalue weighted by atomic mass is 16.5. The Kier molecular flexibility index (Phi) is 22.5. The predicted molar refractivity (Wildman–Crippen MR) is 240 cm³/mol. The van der Waals surface area contributed by atoms with Crippen LogP contribution in [0.3, 0.4) is 0 Å². The molecule has 6 nitrogen and oxygen atoms in total. The fraction of sp³-hybridized carbons (Fsp3) is 0.412. The summed E-state index contributed by atoms with van der Waals surface area (Å²) in [5.74, 6) is 0.972. The number of ether oxygens (including phenoxy) is 4. The van der Waals surface area contributed by atoms with Crippen LogP contribution >= 0.6 is 0 Å². The Bertz CT molecular complexity index is 1730. The summed E-state index contributed by atoms with van der Waals surface area (Å²) in [4.78, 5) is 27.4. The summed E-state index contributed by atoms with van der Waals surface area (Å²) in [5.41, 5.74) is 9.11. The molecule has 308 valence electrons. The zero-order chi connectivity index (χ0) is 42.2. The summed E-state index contributed by atoms with van der Waals surface area (Å²) in [6, 6.07) is 11.1. The number of carbonyl (C=O) groups excluding carboxylic acids is 2. The Morgan fingerprint density at radius 2 is 0.877 bits per heavy atom. The molecule has 0 atom stereocenters. The molecule has 0 aromatic heterocycles. The molecule has 0 bridgehead atoms. The minimum absolute atomic E-state index is 0.267. The van der Waals surface area contributed by atoms with Gasteiger partial charge in [0.05, 0.1) is 20.1 Å². The molecule has 0 amide bonds. The van der Waals surface area contributed by atoms with E-state index in [1.807, 2.05) is 49.4 Å². The summed E-state index contributed by atoms with van der Waals surface area (Å²) in [6.45, 7) is 19.7. The maximum Gasteiger partial charge on any atom is 0.166 e. The molecule has 0 radical (unpaired) electrons. The quantitative estimate of drug-likeness (QED) is 0.0568. The second-order valence-electron chi connectivity index (χ2n) is 15.3. The number of hydrogen-bond acceptors (Lipinski definition) is 6. The standard InChI is InChI=1S/C51H68O6/c1-37(2)15-12-18-40(7)21-26-45(46(52)27-22-43-24-29-48(50(35-43)54-10)56-33-31-41(8)19-13-16-38(3)4)47(53)28-23-44-25-30-49(51(36-44)55-11)57-34-32-42(9)20-14-17-39(5)6/h15-17,21-25,27-32,35-36,45H,12-14,18-20,26,33-34H2,1-11H3. The molecule has 57 heavy (non-hydrogen) atoms. The predicted octanol–water partition coefficient (Wildman–Crippen LogP) is 13.4. The number of hydrogen-bond donors (Lipinski definition) is 0. The van der Waals surface area contributed by atoms with Gasteiger partial charge >= 0.3 is 0 Å². The molecule has 2 aromatic carbocycles. The first-order chi connectivity index (χ1) is 27.2. The summed E-state index contributed by atoms with van der Waals surface area (Å²) in [5, 5.41) is 0.